The van der Waals surface area contributed by atoms with Gasteiger partial charge in [-0.25, -0.2) is 9.97 Å². The fourth-order valence-electron chi connectivity index (χ4n) is 4.52. The number of nitrogen functional groups attached to an aromatic ring is 1. The van der Waals surface area contributed by atoms with Gasteiger partial charge in [-0.1, -0.05) is 44.2 Å². The lowest BCUT2D eigenvalue weighted by Crippen LogP contribution is -2.28. The molecule has 33 heavy (non-hydrogen) atoms. The van der Waals surface area contributed by atoms with Gasteiger partial charge >= 0.3 is 0 Å². The van der Waals surface area contributed by atoms with Crippen molar-refractivity contribution in [3.8, 4) is 11.3 Å². The topological polar surface area (TPSA) is 92.9 Å². The highest BCUT2D eigenvalue weighted by Gasteiger charge is 2.27. The van der Waals surface area contributed by atoms with Crippen molar-refractivity contribution >= 4 is 34.1 Å². The van der Waals surface area contributed by atoms with E-state index in [1.807, 2.05) is 61.5 Å². The minimum absolute atomic E-state index is 0.122. The van der Waals surface area contributed by atoms with Gasteiger partial charge in [-0.3, -0.25) is 4.79 Å². The summed E-state index contributed by atoms with van der Waals surface area (Å²) in [5.41, 5.74) is 13.2. The number of nitrogens with two attached hydrogens (primary N) is 1. The van der Waals surface area contributed by atoms with Gasteiger partial charge in [-0.15, -0.1) is 0 Å². The molecule has 3 aromatic carbocycles. The molecule has 0 spiro atoms. The molecular weight excluding hydrogens is 410 g/mol. The highest BCUT2D eigenvalue weighted by atomic mass is 16.1. The average molecular weight is 438 g/mol. The molecule has 1 aliphatic rings. The molecule has 1 aromatic heterocycles. The van der Waals surface area contributed by atoms with Crippen LogP contribution in [0.5, 0.6) is 0 Å². The van der Waals surface area contributed by atoms with Gasteiger partial charge in [0.25, 0.3) is 5.91 Å². The Bertz CT molecular complexity index is 1390. The number of nitrogens with one attached hydrogen (secondary N) is 2. The van der Waals surface area contributed by atoms with Crippen LogP contribution in [0.4, 0.5) is 17.3 Å². The molecule has 0 unspecified atom stereocenters. The van der Waals surface area contributed by atoms with Crippen LogP contribution in [0, 0.1) is 6.92 Å². The van der Waals surface area contributed by atoms with E-state index in [2.05, 4.69) is 40.5 Å². The fraction of sp³-hybridized carbons (Fsp3) is 0.222. The summed E-state index contributed by atoms with van der Waals surface area (Å²) in [4.78, 5) is 22.0. The Morgan fingerprint density at radius 2 is 1.88 bits per heavy atom. The molecular formula is C27H27N5O. The van der Waals surface area contributed by atoms with Crippen LogP contribution in [0.3, 0.4) is 0 Å². The highest BCUT2D eigenvalue weighted by molar-refractivity contribution is 6.06. The van der Waals surface area contributed by atoms with E-state index < -0.39 is 0 Å². The summed E-state index contributed by atoms with van der Waals surface area (Å²) in [6.07, 6.45) is 1.08. The van der Waals surface area contributed by atoms with Gasteiger partial charge in [0.1, 0.15) is 0 Å². The van der Waals surface area contributed by atoms with Crippen molar-refractivity contribution < 1.29 is 4.79 Å². The molecule has 1 aliphatic heterocycles. The minimum Gasteiger partial charge on any atom is -0.385 e. The fourth-order valence-corrected chi connectivity index (χ4v) is 4.52. The molecule has 6 nitrogen and oxygen atoms in total. The maximum Gasteiger partial charge on any atom is 0.255 e. The summed E-state index contributed by atoms with van der Waals surface area (Å²) in [5, 5.41) is 7.40. The third-order valence-electron chi connectivity index (χ3n) is 6.45. The van der Waals surface area contributed by atoms with Crippen molar-refractivity contribution in [3.63, 3.8) is 0 Å². The number of hydrogen-bond donors (Lipinski definition) is 3. The first-order valence-electron chi connectivity index (χ1n) is 11.1. The van der Waals surface area contributed by atoms with Gasteiger partial charge in [-0.05, 0) is 60.2 Å². The van der Waals surface area contributed by atoms with Crippen molar-refractivity contribution in [1.82, 2.24) is 9.97 Å². The molecule has 0 saturated heterocycles. The maximum absolute atomic E-state index is 13.1. The second-order valence-electron chi connectivity index (χ2n) is 9.25. The van der Waals surface area contributed by atoms with Crippen molar-refractivity contribution in [2.24, 2.45) is 0 Å². The largest absolute Gasteiger partial charge is 0.385 e. The number of hydrogen-bond acceptors (Lipinski definition) is 5. The SMILES string of the molecule is Cc1ccc(C(=O)Nc2ccc3c(c2)NCCC3(C)C)cc1-c1nc(N)nc2ccccc12. The molecule has 166 valence electrons. The average Bonchev–Trinajstić information content (AvgIpc) is 2.78. The van der Waals surface area contributed by atoms with E-state index in [0.717, 1.165) is 52.1 Å². The van der Waals surface area contributed by atoms with Crippen LogP contribution in [0.1, 0.15) is 41.8 Å². The molecule has 1 amide bonds. The van der Waals surface area contributed by atoms with E-state index in [1.165, 1.54) is 5.56 Å². The lowest BCUT2D eigenvalue weighted by atomic mass is 9.78. The first kappa shape index (κ1) is 20.9. The van der Waals surface area contributed by atoms with E-state index in [-0.39, 0.29) is 17.3 Å². The van der Waals surface area contributed by atoms with Crippen molar-refractivity contribution in [1.29, 1.82) is 0 Å². The normalized spacial score (nSPS) is 14.4. The first-order chi connectivity index (χ1) is 15.8. The Labute approximate surface area is 193 Å². The number of carbonyl (C=O) groups is 1. The zero-order valence-electron chi connectivity index (χ0n) is 19.1. The van der Waals surface area contributed by atoms with E-state index in [9.17, 15) is 4.79 Å². The number of amides is 1. The highest BCUT2D eigenvalue weighted by Crippen LogP contribution is 2.38. The molecule has 0 fully saturated rings. The lowest BCUT2D eigenvalue weighted by Gasteiger charge is -2.33. The second-order valence-corrected chi connectivity index (χ2v) is 9.25. The monoisotopic (exact) mass is 437 g/mol. The van der Waals surface area contributed by atoms with Crippen LogP contribution in [0.2, 0.25) is 0 Å². The van der Waals surface area contributed by atoms with Gasteiger partial charge in [0, 0.05) is 34.4 Å². The number of fused-ring (bicyclic) bond motifs is 2. The number of anilines is 3. The molecule has 2 heterocycles. The quantitative estimate of drug-likeness (QED) is 0.392. The Hall–Kier alpha value is -3.93. The van der Waals surface area contributed by atoms with Gasteiger partial charge in [0.2, 0.25) is 5.95 Å². The molecule has 4 aromatic rings. The maximum atomic E-state index is 13.1. The minimum atomic E-state index is -0.169. The Morgan fingerprint density at radius 3 is 2.73 bits per heavy atom. The van der Waals surface area contributed by atoms with Crippen molar-refractivity contribution in [3.05, 3.63) is 77.4 Å². The first-order valence-corrected chi connectivity index (χ1v) is 11.1. The summed E-state index contributed by atoms with van der Waals surface area (Å²) < 4.78 is 0. The molecule has 0 bridgehead atoms. The Morgan fingerprint density at radius 1 is 1.06 bits per heavy atom. The van der Waals surface area contributed by atoms with Gasteiger partial charge < -0.3 is 16.4 Å². The van der Waals surface area contributed by atoms with Crippen LogP contribution in [-0.4, -0.2) is 22.4 Å². The lowest BCUT2D eigenvalue weighted by molar-refractivity contribution is 0.102. The summed E-state index contributed by atoms with van der Waals surface area (Å²) in [5.74, 6) is 0.0417. The molecule has 4 N–H and O–H groups in total. The van der Waals surface area contributed by atoms with Gasteiger partial charge in [0.05, 0.1) is 11.2 Å². The summed E-state index contributed by atoms with van der Waals surface area (Å²) in [7, 11) is 0. The van der Waals surface area contributed by atoms with Crippen LogP contribution in [-0.2, 0) is 5.41 Å². The third kappa shape index (κ3) is 3.89. The Kier molecular flexibility index (Phi) is 5.01. The molecule has 0 saturated carbocycles. The van der Waals surface area contributed by atoms with Crippen LogP contribution in [0.15, 0.2) is 60.7 Å². The van der Waals surface area contributed by atoms with E-state index in [0.29, 0.717) is 5.56 Å². The summed E-state index contributed by atoms with van der Waals surface area (Å²) >= 11 is 0. The standard InChI is InChI=1S/C27H27N5O/c1-16-8-9-17(14-20(16)24-19-6-4-5-7-22(19)31-26(28)32-24)25(33)30-18-10-11-21-23(15-18)29-13-12-27(21,2)3/h4-11,14-15,29H,12-13H2,1-3H3,(H,30,33)(H2,28,31,32). The predicted octanol–water partition coefficient (Wildman–Crippen LogP) is 5.53. The number of benzene rings is 3. The molecule has 0 radical (unpaired) electrons. The molecule has 0 atom stereocenters. The van der Waals surface area contributed by atoms with E-state index in [1.54, 1.807) is 0 Å². The third-order valence-corrected chi connectivity index (χ3v) is 6.45. The second kappa shape index (κ2) is 7.89. The molecule has 6 heteroatoms. The number of carbonyl (C=O) groups excluding carboxylic acids is 1. The molecule has 5 rings (SSSR count). The van der Waals surface area contributed by atoms with E-state index >= 15 is 0 Å². The van der Waals surface area contributed by atoms with Crippen LogP contribution >= 0.6 is 0 Å². The number of aryl methyl sites for hydroxylation is 1. The number of para-hydroxylation sites is 1. The van der Waals surface area contributed by atoms with Gasteiger partial charge in [-0.2, -0.15) is 0 Å². The molecule has 0 aliphatic carbocycles. The van der Waals surface area contributed by atoms with E-state index in [4.69, 9.17) is 5.73 Å². The zero-order chi connectivity index (χ0) is 23.2. The summed E-state index contributed by atoms with van der Waals surface area (Å²) in [6, 6.07) is 19.5. The van der Waals surface area contributed by atoms with Crippen molar-refractivity contribution in [2.45, 2.75) is 32.6 Å². The smallest absolute Gasteiger partial charge is 0.255 e. The Balaban J connectivity index is 1.49. The number of nitrogens with zero attached hydrogens (tertiary/aromatic N) is 2. The van der Waals surface area contributed by atoms with Gasteiger partial charge in [0.15, 0.2) is 0 Å². The summed E-state index contributed by atoms with van der Waals surface area (Å²) in [6.45, 7) is 7.43. The van der Waals surface area contributed by atoms with Crippen molar-refractivity contribution in [2.75, 3.05) is 22.9 Å². The number of rotatable bonds is 3. The number of aromatic nitrogens is 2. The van der Waals surface area contributed by atoms with Crippen LogP contribution in [0.25, 0.3) is 22.2 Å². The zero-order valence-corrected chi connectivity index (χ0v) is 19.1. The van der Waals surface area contributed by atoms with Crippen LogP contribution < -0.4 is 16.4 Å². The predicted molar refractivity (Wildman–Crippen MR) is 135 cm³/mol.